The zero-order valence-corrected chi connectivity index (χ0v) is 5.70. The Morgan fingerprint density at radius 3 is 2.78 bits per heavy atom. The minimum absolute atomic E-state index is 0.183. The summed E-state index contributed by atoms with van der Waals surface area (Å²) in [5.74, 6) is 0.497. The van der Waals surface area contributed by atoms with Crippen LogP contribution >= 0.6 is 0 Å². The van der Waals surface area contributed by atoms with Crippen molar-refractivity contribution in [2.24, 2.45) is 11.1 Å². The van der Waals surface area contributed by atoms with Gasteiger partial charge in [-0.1, -0.05) is 19.0 Å². The molecule has 0 fully saturated rings. The zero-order valence-electron chi connectivity index (χ0n) is 5.70. The van der Waals surface area contributed by atoms with Gasteiger partial charge in [-0.3, -0.25) is 0 Å². The molecule has 0 saturated carbocycles. The lowest BCUT2D eigenvalue weighted by molar-refractivity contribution is -0.00428. The van der Waals surface area contributed by atoms with Crippen molar-refractivity contribution in [2.75, 3.05) is 6.61 Å². The largest absolute Gasteiger partial charge is 0.474 e. The minimum Gasteiger partial charge on any atom is -0.474 e. The third-order valence-corrected chi connectivity index (χ3v) is 1.34. The average Bonchev–Trinajstić information content (AvgIpc) is 1.90. The molecule has 0 aromatic heterocycles. The third kappa shape index (κ3) is 1.59. The molecule has 1 heterocycles. The zero-order chi connectivity index (χ0) is 6.69. The van der Waals surface area contributed by atoms with Crippen molar-refractivity contribution in [3.8, 4) is 0 Å². The Morgan fingerprint density at radius 2 is 2.44 bits per heavy atom. The summed E-state index contributed by atoms with van der Waals surface area (Å²) in [6, 6.07) is 0. The maximum atomic E-state index is 5.12. The number of hydrogen-bond donors (Lipinski definition) is 0. The first-order valence-corrected chi connectivity index (χ1v) is 3.10. The molecule has 1 rings (SSSR count). The van der Waals surface area contributed by atoms with Gasteiger partial charge in [-0.05, 0) is 5.92 Å². The fourth-order valence-electron chi connectivity index (χ4n) is 0.639. The molecule has 0 spiro atoms. The second-order valence-corrected chi connectivity index (χ2v) is 2.43. The molecule has 0 aliphatic carbocycles. The van der Waals surface area contributed by atoms with E-state index in [2.05, 4.69) is 19.0 Å². The maximum absolute atomic E-state index is 5.12. The van der Waals surface area contributed by atoms with Gasteiger partial charge in [0.15, 0.2) is 6.61 Å². The Bertz CT molecular complexity index is 112. The highest BCUT2D eigenvalue weighted by Gasteiger charge is 2.16. The standard InChI is InChI=1S/C6H11NO2/c1-5(2)6-3-9-7-4-8-6/h4-6H,3H2,1-2H3. The number of hydrogen-bond acceptors (Lipinski definition) is 3. The van der Waals surface area contributed by atoms with Gasteiger partial charge in [-0.25, -0.2) is 0 Å². The quantitative estimate of drug-likeness (QED) is 0.528. The minimum atomic E-state index is 0.183. The molecular weight excluding hydrogens is 118 g/mol. The lowest BCUT2D eigenvalue weighted by Crippen LogP contribution is -2.27. The molecule has 1 aliphatic rings. The predicted octanol–water partition coefficient (Wildman–Crippen LogP) is 1.00. The third-order valence-electron chi connectivity index (χ3n) is 1.34. The van der Waals surface area contributed by atoms with Crippen molar-refractivity contribution in [3.05, 3.63) is 0 Å². The molecule has 0 N–H and O–H groups in total. The lowest BCUT2D eigenvalue weighted by atomic mass is 10.1. The first-order chi connectivity index (χ1) is 4.30. The molecule has 1 aliphatic heterocycles. The molecular formula is C6H11NO2. The van der Waals surface area contributed by atoms with Gasteiger partial charge in [0, 0.05) is 0 Å². The highest BCUT2D eigenvalue weighted by Crippen LogP contribution is 2.08. The number of nitrogens with zero attached hydrogens (tertiary/aromatic N) is 1. The van der Waals surface area contributed by atoms with Crippen LogP contribution < -0.4 is 0 Å². The topological polar surface area (TPSA) is 30.8 Å². The molecule has 0 saturated heterocycles. The Balaban J connectivity index is 2.35. The van der Waals surface area contributed by atoms with Crippen molar-refractivity contribution < 1.29 is 9.57 Å². The van der Waals surface area contributed by atoms with Crippen molar-refractivity contribution in [3.63, 3.8) is 0 Å². The van der Waals surface area contributed by atoms with Gasteiger partial charge in [0.05, 0.1) is 0 Å². The average molecular weight is 129 g/mol. The Kier molecular flexibility index (Phi) is 1.92. The SMILES string of the molecule is CC(C)C1CON=CO1. The van der Waals surface area contributed by atoms with Crippen LogP contribution in [0.15, 0.2) is 5.16 Å². The predicted molar refractivity (Wildman–Crippen MR) is 34.2 cm³/mol. The van der Waals surface area contributed by atoms with E-state index in [-0.39, 0.29) is 6.10 Å². The molecule has 52 valence electrons. The fraction of sp³-hybridized carbons (Fsp3) is 0.833. The summed E-state index contributed by atoms with van der Waals surface area (Å²) in [6.07, 6.45) is 1.54. The van der Waals surface area contributed by atoms with E-state index in [1.54, 1.807) is 0 Å². The fourth-order valence-corrected chi connectivity index (χ4v) is 0.639. The molecule has 0 bridgehead atoms. The number of rotatable bonds is 1. The van der Waals surface area contributed by atoms with Crippen LogP contribution in [0.5, 0.6) is 0 Å². The number of oxime groups is 1. The van der Waals surface area contributed by atoms with Crippen LogP contribution in [0.2, 0.25) is 0 Å². The second-order valence-electron chi connectivity index (χ2n) is 2.43. The molecule has 0 aromatic carbocycles. The van der Waals surface area contributed by atoms with Gasteiger partial charge in [-0.15, -0.1) is 0 Å². The van der Waals surface area contributed by atoms with Crippen LogP contribution in [0.1, 0.15) is 13.8 Å². The van der Waals surface area contributed by atoms with E-state index in [0.717, 1.165) is 0 Å². The monoisotopic (exact) mass is 129 g/mol. The molecule has 0 amide bonds. The smallest absolute Gasteiger partial charge is 0.212 e. The van der Waals surface area contributed by atoms with E-state index >= 15 is 0 Å². The summed E-state index contributed by atoms with van der Waals surface area (Å²) in [6.45, 7) is 4.76. The van der Waals surface area contributed by atoms with Gasteiger partial charge in [-0.2, -0.15) is 0 Å². The summed E-state index contributed by atoms with van der Waals surface area (Å²) < 4.78 is 5.12. The summed E-state index contributed by atoms with van der Waals surface area (Å²) >= 11 is 0. The highest BCUT2D eigenvalue weighted by molar-refractivity contribution is 5.46. The van der Waals surface area contributed by atoms with Gasteiger partial charge < -0.3 is 9.57 Å². The highest BCUT2D eigenvalue weighted by atomic mass is 16.7. The van der Waals surface area contributed by atoms with Crippen LogP contribution in [0.3, 0.4) is 0 Å². The molecule has 1 unspecified atom stereocenters. The van der Waals surface area contributed by atoms with Crippen LogP contribution in [0, 0.1) is 5.92 Å². The van der Waals surface area contributed by atoms with Crippen LogP contribution in [-0.4, -0.2) is 19.1 Å². The second kappa shape index (κ2) is 2.71. The molecule has 9 heavy (non-hydrogen) atoms. The Morgan fingerprint density at radius 1 is 1.67 bits per heavy atom. The van der Waals surface area contributed by atoms with Crippen molar-refractivity contribution in [1.82, 2.24) is 0 Å². The van der Waals surface area contributed by atoms with Gasteiger partial charge in [0.25, 0.3) is 0 Å². The normalized spacial score (nSPS) is 25.4. The van der Waals surface area contributed by atoms with Crippen LogP contribution in [0.4, 0.5) is 0 Å². The summed E-state index contributed by atoms with van der Waals surface area (Å²) in [5, 5.41) is 3.46. The molecule has 0 radical (unpaired) electrons. The molecule has 0 aromatic rings. The van der Waals surface area contributed by atoms with E-state index in [1.165, 1.54) is 6.40 Å². The van der Waals surface area contributed by atoms with Gasteiger partial charge in [0.1, 0.15) is 6.10 Å². The first-order valence-electron chi connectivity index (χ1n) is 3.10. The molecule has 3 heteroatoms. The van der Waals surface area contributed by atoms with Crippen molar-refractivity contribution in [1.29, 1.82) is 0 Å². The first kappa shape index (κ1) is 6.39. The van der Waals surface area contributed by atoms with E-state index in [4.69, 9.17) is 9.57 Å². The van der Waals surface area contributed by atoms with Crippen LogP contribution in [-0.2, 0) is 9.57 Å². The summed E-state index contributed by atoms with van der Waals surface area (Å²) in [5.41, 5.74) is 0. The molecule has 3 nitrogen and oxygen atoms in total. The van der Waals surface area contributed by atoms with E-state index in [9.17, 15) is 0 Å². The van der Waals surface area contributed by atoms with Crippen molar-refractivity contribution >= 4 is 6.40 Å². The van der Waals surface area contributed by atoms with Crippen LogP contribution in [0.25, 0.3) is 0 Å². The number of ether oxygens (including phenoxy) is 1. The Labute approximate surface area is 54.6 Å². The Hall–Kier alpha value is -0.730. The van der Waals surface area contributed by atoms with E-state index in [0.29, 0.717) is 12.5 Å². The van der Waals surface area contributed by atoms with E-state index in [1.807, 2.05) is 0 Å². The maximum Gasteiger partial charge on any atom is 0.212 e. The summed E-state index contributed by atoms with van der Waals surface area (Å²) in [7, 11) is 0. The summed E-state index contributed by atoms with van der Waals surface area (Å²) in [4.78, 5) is 4.79. The lowest BCUT2D eigenvalue weighted by Gasteiger charge is -2.20. The molecule has 1 atom stereocenters. The van der Waals surface area contributed by atoms with E-state index < -0.39 is 0 Å². The van der Waals surface area contributed by atoms with Crippen molar-refractivity contribution in [2.45, 2.75) is 20.0 Å². The van der Waals surface area contributed by atoms with Gasteiger partial charge in [0.2, 0.25) is 6.40 Å². The van der Waals surface area contributed by atoms with Gasteiger partial charge >= 0.3 is 0 Å².